The molecule has 0 aliphatic carbocycles. The SMILES string of the molecule is O=C(COc1cccnc1[N+](=O)[O-])c1ccc(Oc2ccccc2)cc1. The second kappa shape index (κ2) is 7.89. The lowest BCUT2D eigenvalue weighted by Gasteiger charge is -2.07. The van der Waals surface area contributed by atoms with Gasteiger partial charge in [-0.25, -0.2) is 0 Å². The summed E-state index contributed by atoms with van der Waals surface area (Å²) in [6, 6.07) is 18.7. The third-order valence-corrected chi connectivity index (χ3v) is 3.44. The quantitative estimate of drug-likeness (QED) is 0.363. The Kier molecular flexibility index (Phi) is 5.19. The van der Waals surface area contributed by atoms with E-state index in [9.17, 15) is 14.9 Å². The molecule has 7 heteroatoms. The van der Waals surface area contributed by atoms with Crippen molar-refractivity contribution in [2.24, 2.45) is 0 Å². The summed E-state index contributed by atoms with van der Waals surface area (Å²) in [7, 11) is 0. The van der Waals surface area contributed by atoms with E-state index in [-0.39, 0.29) is 18.1 Å². The smallest absolute Gasteiger partial charge is 0.406 e. The zero-order valence-corrected chi connectivity index (χ0v) is 13.6. The zero-order chi connectivity index (χ0) is 18.4. The number of carbonyl (C=O) groups excluding carboxylic acids is 1. The Labute approximate surface area is 149 Å². The predicted octanol–water partition coefficient (Wildman–Crippen LogP) is 4.04. The van der Waals surface area contributed by atoms with Crippen LogP contribution < -0.4 is 9.47 Å². The van der Waals surface area contributed by atoms with Crippen LogP contribution in [-0.2, 0) is 0 Å². The van der Waals surface area contributed by atoms with Crippen molar-refractivity contribution in [1.29, 1.82) is 0 Å². The number of ketones is 1. The average molecular weight is 350 g/mol. The zero-order valence-electron chi connectivity index (χ0n) is 13.6. The van der Waals surface area contributed by atoms with Gasteiger partial charge in [-0.15, -0.1) is 0 Å². The van der Waals surface area contributed by atoms with Crippen LogP contribution in [0.1, 0.15) is 10.4 Å². The van der Waals surface area contributed by atoms with Gasteiger partial charge in [0.15, 0.2) is 12.4 Å². The van der Waals surface area contributed by atoms with E-state index in [1.165, 1.54) is 18.3 Å². The number of nitrogens with zero attached hydrogens (tertiary/aromatic N) is 2. The standard InChI is InChI=1S/C19H14N2O5/c22-17(13-25-18-7-4-12-20-19(18)21(23)24)14-8-10-16(11-9-14)26-15-5-2-1-3-6-15/h1-12H,13H2. The first-order chi connectivity index (χ1) is 12.6. The maximum Gasteiger partial charge on any atom is 0.406 e. The number of carbonyl (C=O) groups is 1. The Morgan fingerprint density at radius 2 is 1.65 bits per heavy atom. The van der Waals surface area contributed by atoms with Crippen molar-refractivity contribution in [3.63, 3.8) is 0 Å². The second-order valence-electron chi connectivity index (χ2n) is 5.23. The van der Waals surface area contributed by atoms with Crippen LogP contribution in [0.5, 0.6) is 17.2 Å². The molecular formula is C19H14N2O5. The highest BCUT2D eigenvalue weighted by Gasteiger charge is 2.17. The van der Waals surface area contributed by atoms with Crippen LogP contribution in [0.3, 0.4) is 0 Å². The summed E-state index contributed by atoms with van der Waals surface area (Å²) in [6.45, 7) is -0.328. The number of pyridine rings is 1. The van der Waals surface area contributed by atoms with Gasteiger partial charge in [0.1, 0.15) is 17.7 Å². The Bertz CT molecular complexity index is 911. The van der Waals surface area contributed by atoms with Gasteiger partial charge in [0, 0.05) is 5.56 Å². The molecule has 0 spiro atoms. The van der Waals surface area contributed by atoms with Crippen molar-refractivity contribution in [3.05, 3.63) is 88.6 Å². The fourth-order valence-electron chi connectivity index (χ4n) is 2.19. The van der Waals surface area contributed by atoms with Crippen molar-refractivity contribution in [1.82, 2.24) is 4.98 Å². The predicted molar refractivity (Wildman–Crippen MR) is 93.7 cm³/mol. The molecule has 0 amide bonds. The van der Waals surface area contributed by atoms with E-state index in [0.29, 0.717) is 17.1 Å². The molecule has 0 aliphatic rings. The van der Waals surface area contributed by atoms with E-state index in [1.807, 2.05) is 30.3 Å². The minimum absolute atomic E-state index is 0.0464. The van der Waals surface area contributed by atoms with Gasteiger partial charge in [-0.05, 0) is 58.4 Å². The molecule has 2 aromatic carbocycles. The van der Waals surface area contributed by atoms with Gasteiger partial charge in [0.05, 0.1) is 0 Å². The molecule has 0 bridgehead atoms. The van der Waals surface area contributed by atoms with Crippen molar-refractivity contribution < 1.29 is 19.2 Å². The number of hydrogen-bond donors (Lipinski definition) is 0. The molecule has 1 aromatic heterocycles. The number of hydrogen-bond acceptors (Lipinski definition) is 6. The largest absolute Gasteiger partial charge is 0.477 e. The summed E-state index contributed by atoms with van der Waals surface area (Å²) in [6.07, 6.45) is 1.29. The second-order valence-corrected chi connectivity index (χ2v) is 5.23. The molecule has 0 atom stereocenters. The summed E-state index contributed by atoms with van der Waals surface area (Å²) in [5.74, 6) is 0.506. The van der Waals surface area contributed by atoms with E-state index in [0.717, 1.165) is 0 Å². The lowest BCUT2D eigenvalue weighted by molar-refractivity contribution is -0.390. The molecule has 7 nitrogen and oxygen atoms in total. The Morgan fingerprint density at radius 1 is 0.962 bits per heavy atom. The van der Waals surface area contributed by atoms with Crippen molar-refractivity contribution >= 4 is 11.6 Å². The van der Waals surface area contributed by atoms with Crippen LogP contribution in [0.2, 0.25) is 0 Å². The van der Waals surface area contributed by atoms with E-state index in [1.54, 1.807) is 24.3 Å². The number of benzene rings is 2. The average Bonchev–Trinajstić information content (AvgIpc) is 2.67. The molecule has 0 aliphatic heterocycles. The molecule has 130 valence electrons. The first-order valence-electron chi connectivity index (χ1n) is 7.72. The maximum absolute atomic E-state index is 12.2. The molecule has 0 N–H and O–H groups in total. The number of Topliss-reactive ketones (excluding diaryl/α,β-unsaturated/α-hetero) is 1. The van der Waals surface area contributed by atoms with Gasteiger partial charge in [-0.1, -0.05) is 18.2 Å². The Morgan fingerprint density at radius 3 is 2.35 bits per heavy atom. The fraction of sp³-hybridized carbons (Fsp3) is 0.0526. The van der Waals surface area contributed by atoms with Gasteiger partial charge in [0.25, 0.3) is 0 Å². The lowest BCUT2D eigenvalue weighted by atomic mass is 10.1. The van der Waals surface area contributed by atoms with Crippen LogP contribution in [0.15, 0.2) is 72.9 Å². The molecule has 0 unspecified atom stereocenters. The summed E-state index contributed by atoms with van der Waals surface area (Å²) in [4.78, 5) is 26.1. The number of rotatable bonds is 7. The molecule has 0 radical (unpaired) electrons. The lowest BCUT2D eigenvalue weighted by Crippen LogP contribution is -2.12. The van der Waals surface area contributed by atoms with Crippen molar-refractivity contribution in [2.75, 3.05) is 6.61 Å². The molecule has 26 heavy (non-hydrogen) atoms. The van der Waals surface area contributed by atoms with Gasteiger partial charge in [-0.2, -0.15) is 0 Å². The molecule has 0 fully saturated rings. The Hall–Kier alpha value is -3.74. The van der Waals surface area contributed by atoms with Crippen molar-refractivity contribution in [3.8, 4) is 17.2 Å². The molecule has 3 aromatic rings. The van der Waals surface area contributed by atoms with Crippen LogP contribution in [0.25, 0.3) is 0 Å². The maximum atomic E-state index is 12.2. The first-order valence-corrected chi connectivity index (χ1v) is 7.72. The number of nitro groups is 1. The topological polar surface area (TPSA) is 91.6 Å². The van der Waals surface area contributed by atoms with Crippen LogP contribution in [-0.4, -0.2) is 22.3 Å². The fourth-order valence-corrected chi connectivity index (χ4v) is 2.19. The number of ether oxygens (including phenoxy) is 2. The third kappa shape index (κ3) is 4.21. The van der Waals surface area contributed by atoms with Gasteiger partial charge >= 0.3 is 5.82 Å². The summed E-state index contributed by atoms with van der Waals surface area (Å²) >= 11 is 0. The first kappa shape index (κ1) is 17.1. The number of aromatic nitrogens is 1. The monoisotopic (exact) mass is 350 g/mol. The minimum atomic E-state index is -0.657. The molecule has 3 rings (SSSR count). The normalized spacial score (nSPS) is 10.2. The summed E-state index contributed by atoms with van der Waals surface area (Å²) in [5, 5.41) is 10.9. The van der Waals surface area contributed by atoms with Gasteiger partial charge < -0.3 is 19.6 Å². The minimum Gasteiger partial charge on any atom is -0.477 e. The molecule has 1 heterocycles. The van der Waals surface area contributed by atoms with E-state index in [4.69, 9.17) is 9.47 Å². The van der Waals surface area contributed by atoms with Gasteiger partial charge in [-0.3, -0.25) is 4.79 Å². The molecule has 0 saturated carbocycles. The molecular weight excluding hydrogens is 336 g/mol. The van der Waals surface area contributed by atoms with Crippen molar-refractivity contribution in [2.45, 2.75) is 0 Å². The van der Waals surface area contributed by atoms with Crippen LogP contribution >= 0.6 is 0 Å². The highest BCUT2D eigenvalue weighted by atomic mass is 16.6. The van der Waals surface area contributed by atoms with Gasteiger partial charge in [0.2, 0.25) is 5.75 Å². The highest BCUT2D eigenvalue weighted by Crippen LogP contribution is 2.24. The number of para-hydroxylation sites is 1. The van der Waals surface area contributed by atoms with E-state index >= 15 is 0 Å². The highest BCUT2D eigenvalue weighted by molar-refractivity contribution is 5.97. The Balaban J connectivity index is 1.63. The van der Waals surface area contributed by atoms with E-state index < -0.39 is 10.7 Å². The van der Waals surface area contributed by atoms with Crippen LogP contribution in [0, 0.1) is 10.1 Å². The van der Waals surface area contributed by atoms with E-state index in [2.05, 4.69) is 4.98 Å². The third-order valence-electron chi connectivity index (χ3n) is 3.44. The molecule has 0 saturated heterocycles. The summed E-state index contributed by atoms with van der Waals surface area (Å²) < 4.78 is 10.9. The summed E-state index contributed by atoms with van der Waals surface area (Å²) in [5.41, 5.74) is 0.414. The van der Waals surface area contributed by atoms with Crippen LogP contribution in [0.4, 0.5) is 5.82 Å².